The fourth-order valence-electron chi connectivity index (χ4n) is 4.33. The molecule has 4 aromatic rings. The smallest absolute Gasteiger partial charge is 0.274 e. The van der Waals surface area contributed by atoms with E-state index in [-0.39, 0.29) is 11.9 Å². The first-order valence-corrected chi connectivity index (χ1v) is 10.5. The molecule has 1 spiro atoms. The molecule has 2 aliphatic rings. The van der Waals surface area contributed by atoms with Crippen molar-refractivity contribution in [3.8, 4) is 11.4 Å². The highest BCUT2D eigenvalue weighted by molar-refractivity contribution is 6.04. The van der Waals surface area contributed by atoms with Crippen molar-refractivity contribution in [2.24, 2.45) is 5.41 Å². The van der Waals surface area contributed by atoms with E-state index < -0.39 is 0 Å². The van der Waals surface area contributed by atoms with Crippen LogP contribution in [-0.2, 0) is 0 Å². The highest BCUT2D eigenvalue weighted by Crippen LogP contribution is 2.54. The minimum Gasteiger partial charge on any atom is -0.337 e. The number of nitrogens with zero attached hydrogens (tertiary/aromatic N) is 4. The third-order valence-corrected chi connectivity index (χ3v) is 6.45. The first-order chi connectivity index (χ1) is 15.1. The topological polar surface area (TPSA) is 97.4 Å². The van der Waals surface area contributed by atoms with Crippen LogP contribution in [0.1, 0.15) is 47.2 Å². The number of rotatable bonds is 4. The maximum atomic E-state index is 12.9. The summed E-state index contributed by atoms with van der Waals surface area (Å²) in [5, 5.41) is 10.7. The molecule has 31 heavy (non-hydrogen) atoms. The summed E-state index contributed by atoms with van der Waals surface area (Å²) in [4.78, 5) is 21.8. The van der Waals surface area contributed by atoms with E-state index in [0.717, 1.165) is 29.7 Å². The summed E-state index contributed by atoms with van der Waals surface area (Å²) in [5.41, 5.74) is 4.11. The Hall–Kier alpha value is -3.52. The van der Waals surface area contributed by atoms with E-state index in [0.29, 0.717) is 28.5 Å². The van der Waals surface area contributed by atoms with Gasteiger partial charge < -0.3 is 15.2 Å². The Bertz CT molecular complexity index is 1300. The van der Waals surface area contributed by atoms with Gasteiger partial charge in [-0.05, 0) is 55.4 Å². The molecule has 2 N–H and O–H groups in total. The standard InChI is InChI=1S/C23H22N6O2/c1-14-5-6-15(20-27-22(31-28-20)17-11-23(7-8-23)13-25-17)10-16(14)26-21(30)18-12-24-19-4-2-3-9-29(18)19/h2-6,9-10,12,17,25H,7-8,11,13H2,1H3,(H,26,30). The van der Waals surface area contributed by atoms with E-state index in [1.165, 1.54) is 12.8 Å². The molecular formula is C23H22N6O2. The maximum absolute atomic E-state index is 12.9. The third kappa shape index (κ3) is 3.19. The lowest BCUT2D eigenvalue weighted by Gasteiger charge is -2.09. The SMILES string of the molecule is Cc1ccc(-c2noc(C3CC4(CC4)CN3)n2)cc1NC(=O)c1cnc2ccccn12. The summed E-state index contributed by atoms with van der Waals surface area (Å²) < 4.78 is 7.32. The number of anilines is 1. The van der Waals surface area contributed by atoms with E-state index in [2.05, 4.69) is 25.8 Å². The zero-order chi connectivity index (χ0) is 21.0. The molecule has 6 rings (SSSR count). The van der Waals surface area contributed by atoms with Crippen LogP contribution >= 0.6 is 0 Å². The Morgan fingerprint density at radius 3 is 3.03 bits per heavy atom. The average Bonchev–Trinajstić information content (AvgIpc) is 3.16. The molecule has 1 saturated carbocycles. The van der Waals surface area contributed by atoms with Crippen molar-refractivity contribution in [1.29, 1.82) is 0 Å². The first-order valence-electron chi connectivity index (χ1n) is 10.5. The summed E-state index contributed by atoms with van der Waals surface area (Å²) in [5.74, 6) is 0.937. The Morgan fingerprint density at radius 2 is 2.19 bits per heavy atom. The lowest BCUT2D eigenvalue weighted by molar-refractivity contribution is 0.102. The molecule has 1 aliphatic carbocycles. The van der Waals surface area contributed by atoms with Crippen LogP contribution in [0.2, 0.25) is 0 Å². The largest absolute Gasteiger partial charge is 0.337 e. The number of hydrogen-bond donors (Lipinski definition) is 2. The zero-order valence-corrected chi connectivity index (χ0v) is 17.1. The van der Waals surface area contributed by atoms with Crippen LogP contribution in [0.5, 0.6) is 0 Å². The second-order valence-electron chi connectivity index (χ2n) is 8.65. The zero-order valence-electron chi connectivity index (χ0n) is 17.1. The van der Waals surface area contributed by atoms with Crippen molar-refractivity contribution in [2.45, 2.75) is 32.2 Å². The number of nitrogens with one attached hydrogen (secondary N) is 2. The molecule has 1 aliphatic heterocycles. The van der Waals surface area contributed by atoms with Gasteiger partial charge in [0.1, 0.15) is 11.3 Å². The van der Waals surface area contributed by atoms with Crippen LogP contribution < -0.4 is 10.6 Å². The summed E-state index contributed by atoms with van der Waals surface area (Å²) in [7, 11) is 0. The molecule has 1 saturated heterocycles. The van der Waals surface area contributed by atoms with Gasteiger partial charge in [-0.25, -0.2) is 4.98 Å². The van der Waals surface area contributed by atoms with Crippen molar-refractivity contribution in [1.82, 2.24) is 24.8 Å². The maximum Gasteiger partial charge on any atom is 0.274 e. The van der Waals surface area contributed by atoms with Crippen molar-refractivity contribution in [3.05, 3.63) is 65.9 Å². The van der Waals surface area contributed by atoms with E-state index in [4.69, 9.17) is 4.52 Å². The predicted molar refractivity (Wildman–Crippen MR) is 115 cm³/mol. The van der Waals surface area contributed by atoms with Gasteiger partial charge in [0.25, 0.3) is 5.91 Å². The second kappa shape index (κ2) is 6.75. The molecule has 8 nitrogen and oxygen atoms in total. The number of pyridine rings is 1. The normalized spacial score (nSPS) is 19.2. The van der Waals surface area contributed by atoms with Gasteiger partial charge in [0, 0.05) is 24.0 Å². The highest BCUT2D eigenvalue weighted by Gasteiger charge is 2.49. The van der Waals surface area contributed by atoms with Gasteiger partial charge in [-0.2, -0.15) is 4.98 Å². The first kappa shape index (κ1) is 18.3. The summed E-state index contributed by atoms with van der Waals surface area (Å²) >= 11 is 0. The van der Waals surface area contributed by atoms with Gasteiger partial charge in [0.05, 0.1) is 12.2 Å². The molecule has 1 atom stereocenters. The number of aromatic nitrogens is 4. The Kier molecular flexibility index (Phi) is 3.97. The predicted octanol–water partition coefficient (Wildman–Crippen LogP) is 3.76. The second-order valence-corrected chi connectivity index (χ2v) is 8.65. The van der Waals surface area contributed by atoms with E-state index in [9.17, 15) is 4.79 Å². The average molecular weight is 414 g/mol. The van der Waals surface area contributed by atoms with Crippen molar-refractivity contribution in [2.75, 3.05) is 11.9 Å². The molecule has 8 heteroatoms. The van der Waals surface area contributed by atoms with Gasteiger partial charge in [-0.3, -0.25) is 9.20 Å². The number of carbonyl (C=O) groups is 1. The monoisotopic (exact) mass is 414 g/mol. The lowest BCUT2D eigenvalue weighted by atomic mass is 10.0. The highest BCUT2D eigenvalue weighted by atomic mass is 16.5. The quantitative estimate of drug-likeness (QED) is 0.528. The van der Waals surface area contributed by atoms with Crippen LogP contribution in [0.4, 0.5) is 5.69 Å². The molecule has 0 bridgehead atoms. The van der Waals surface area contributed by atoms with Gasteiger partial charge in [-0.1, -0.05) is 23.4 Å². The Morgan fingerprint density at radius 1 is 1.29 bits per heavy atom. The number of amides is 1. The fourth-order valence-corrected chi connectivity index (χ4v) is 4.33. The lowest BCUT2D eigenvalue weighted by Crippen LogP contribution is -2.15. The molecule has 2 fully saturated rings. The number of hydrogen-bond acceptors (Lipinski definition) is 6. The van der Waals surface area contributed by atoms with Crippen molar-refractivity contribution in [3.63, 3.8) is 0 Å². The Labute approximate surface area is 178 Å². The third-order valence-electron chi connectivity index (χ3n) is 6.45. The van der Waals surface area contributed by atoms with Crippen LogP contribution in [0.25, 0.3) is 17.0 Å². The number of aryl methyl sites for hydroxylation is 1. The number of fused-ring (bicyclic) bond motifs is 1. The van der Waals surface area contributed by atoms with Crippen LogP contribution in [0, 0.1) is 12.3 Å². The number of benzene rings is 1. The van der Waals surface area contributed by atoms with Crippen LogP contribution in [-0.4, -0.2) is 32.0 Å². The molecule has 0 radical (unpaired) electrons. The summed E-state index contributed by atoms with van der Waals surface area (Å²) in [6.45, 7) is 2.98. The van der Waals surface area contributed by atoms with Gasteiger partial charge in [0.15, 0.2) is 0 Å². The van der Waals surface area contributed by atoms with Crippen molar-refractivity contribution >= 4 is 17.2 Å². The minimum absolute atomic E-state index is 0.128. The van der Waals surface area contributed by atoms with E-state index in [1.807, 2.05) is 49.5 Å². The van der Waals surface area contributed by atoms with Gasteiger partial charge in [0.2, 0.25) is 11.7 Å². The number of carbonyl (C=O) groups excluding carboxylic acids is 1. The molecule has 4 heterocycles. The molecule has 156 valence electrons. The van der Waals surface area contributed by atoms with E-state index in [1.54, 1.807) is 10.6 Å². The molecule has 1 amide bonds. The van der Waals surface area contributed by atoms with Gasteiger partial charge >= 0.3 is 0 Å². The summed E-state index contributed by atoms with van der Waals surface area (Å²) in [6.07, 6.45) is 7.03. The molecule has 1 aromatic carbocycles. The molecular weight excluding hydrogens is 392 g/mol. The summed E-state index contributed by atoms with van der Waals surface area (Å²) in [6, 6.07) is 11.5. The van der Waals surface area contributed by atoms with E-state index >= 15 is 0 Å². The Balaban J connectivity index is 1.25. The molecule has 3 aromatic heterocycles. The number of imidazole rings is 1. The minimum atomic E-state index is -0.224. The van der Waals surface area contributed by atoms with Crippen molar-refractivity contribution < 1.29 is 9.32 Å². The van der Waals surface area contributed by atoms with Crippen LogP contribution in [0.3, 0.4) is 0 Å². The van der Waals surface area contributed by atoms with Gasteiger partial charge in [-0.15, -0.1) is 0 Å². The fraction of sp³-hybridized carbons (Fsp3) is 0.304. The van der Waals surface area contributed by atoms with Crippen LogP contribution in [0.15, 0.2) is 53.3 Å². The molecule has 1 unspecified atom stereocenters.